The summed E-state index contributed by atoms with van der Waals surface area (Å²) in [7, 11) is 0. The molecule has 0 unspecified atom stereocenters. The van der Waals surface area contributed by atoms with Crippen LogP contribution in [0.3, 0.4) is 0 Å². The van der Waals surface area contributed by atoms with Crippen LogP contribution in [0.4, 0.5) is 20.2 Å². The quantitative estimate of drug-likeness (QED) is 0.838. The smallest absolute Gasteiger partial charge is 0.128 e. The molecule has 0 aliphatic carbocycles. The molecule has 1 heterocycles. The molecule has 2 rings (SSSR count). The van der Waals surface area contributed by atoms with Gasteiger partial charge in [0.2, 0.25) is 0 Å². The maximum atomic E-state index is 13.0. The van der Waals surface area contributed by atoms with Gasteiger partial charge >= 0.3 is 0 Å². The molecule has 0 fully saturated rings. The Bertz CT molecular complexity index is 581. The summed E-state index contributed by atoms with van der Waals surface area (Å²) in [5, 5.41) is 2.83. The van der Waals surface area contributed by atoms with Crippen LogP contribution >= 0.6 is 12.2 Å². The molecule has 0 aliphatic rings. The normalized spacial score (nSPS) is 10.1. The molecule has 1 aromatic heterocycles. The topological polar surface area (TPSA) is 50.9 Å². The van der Waals surface area contributed by atoms with Gasteiger partial charge in [-0.25, -0.2) is 8.78 Å². The summed E-state index contributed by atoms with van der Waals surface area (Å²) in [5.41, 5.74) is 6.64. The first-order chi connectivity index (χ1) is 8.56. The van der Waals surface area contributed by atoms with Crippen molar-refractivity contribution in [3.63, 3.8) is 0 Å². The van der Waals surface area contributed by atoms with Gasteiger partial charge in [-0.2, -0.15) is 0 Å². The van der Waals surface area contributed by atoms with Gasteiger partial charge in [0.1, 0.15) is 22.3 Å². The van der Waals surface area contributed by atoms with Crippen LogP contribution in [0.25, 0.3) is 0 Å². The summed E-state index contributed by atoms with van der Waals surface area (Å²) < 4.78 is 26.1. The Morgan fingerprint density at radius 2 is 1.89 bits per heavy atom. The summed E-state index contributed by atoms with van der Waals surface area (Å²) in [6.45, 7) is 0. The molecule has 18 heavy (non-hydrogen) atoms. The Hall–Kier alpha value is -2.08. The maximum absolute atomic E-state index is 13.0. The van der Waals surface area contributed by atoms with Crippen LogP contribution in [0.5, 0.6) is 0 Å². The molecular formula is C12H9F2N3S. The first-order valence-electron chi connectivity index (χ1n) is 5.04. The molecule has 6 heteroatoms. The average molecular weight is 265 g/mol. The fraction of sp³-hybridized carbons (Fsp3) is 0. The molecule has 0 atom stereocenters. The molecular weight excluding hydrogens is 256 g/mol. The zero-order valence-corrected chi connectivity index (χ0v) is 9.97. The van der Waals surface area contributed by atoms with Crippen molar-refractivity contribution in [1.29, 1.82) is 0 Å². The SMILES string of the molecule is NC(=S)c1ncccc1Nc1cc(F)cc(F)c1. The van der Waals surface area contributed by atoms with Crippen LogP contribution in [-0.2, 0) is 0 Å². The third kappa shape index (κ3) is 2.78. The van der Waals surface area contributed by atoms with Gasteiger partial charge in [0.25, 0.3) is 0 Å². The van der Waals surface area contributed by atoms with Crippen molar-refractivity contribution in [3.8, 4) is 0 Å². The summed E-state index contributed by atoms with van der Waals surface area (Å²) in [6.07, 6.45) is 1.53. The number of pyridine rings is 1. The molecule has 0 aliphatic heterocycles. The van der Waals surface area contributed by atoms with E-state index in [0.29, 0.717) is 11.4 Å². The predicted octanol–water partition coefficient (Wildman–Crippen LogP) is 2.74. The van der Waals surface area contributed by atoms with E-state index in [1.165, 1.54) is 18.3 Å². The second kappa shape index (κ2) is 5.05. The van der Waals surface area contributed by atoms with E-state index in [0.717, 1.165) is 6.07 Å². The average Bonchev–Trinajstić information content (AvgIpc) is 2.27. The minimum absolute atomic E-state index is 0.106. The molecule has 1 aromatic carbocycles. The van der Waals surface area contributed by atoms with Crippen molar-refractivity contribution in [2.24, 2.45) is 5.73 Å². The lowest BCUT2D eigenvalue weighted by atomic mass is 10.2. The van der Waals surface area contributed by atoms with Gasteiger partial charge < -0.3 is 11.1 Å². The number of nitrogens with two attached hydrogens (primary N) is 1. The van der Waals surface area contributed by atoms with Crippen molar-refractivity contribution in [1.82, 2.24) is 4.98 Å². The van der Waals surface area contributed by atoms with Crippen LogP contribution in [0.1, 0.15) is 5.69 Å². The highest BCUT2D eigenvalue weighted by molar-refractivity contribution is 7.80. The Labute approximate surface area is 108 Å². The zero-order valence-electron chi connectivity index (χ0n) is 9.15. The Morgan fingerprint density at radius 3 is 2.50 bits per heavy atom. The molecule has 0 bridgehead atoms. The molecule has 3 nitrogen and oxygen atoms in total. The number of aromatic nitrogens is 1. The van der Waals surface area contributed by atoms with Crippen LogP contribution in [0.15, 0.2) is 36.5 Å². The number of rotatable bonds is 3. The molecule has 2 aromatic rings. The van der Waals surface area contributed by atoms with E-state index in [1.807, 2.05) is 0 Å². The minimum atomic E-state index is -0.668. The van der Waals surface area contributed by atoms with E-state index >= 15 is 0 Å². The van der Waals surface area contributed by atoms with Crippen molar-refractivity contribution in [3.05, 3.63) is 53.9 Å². The molecule has 0 amide bonds. The number of hydrogen-bond acceptors (Lipinski definition) is 3. The fourth-order valence-corrected chi connectivity index (χ4v) is 1.65. The van der Waals surface area contributed by atoms with Crippen LogP contribution in [0, 0.1) is 11.6 Å². The van der Waals surface area contributed by atoms with Crippen molar-refractivity contribution in [2.75, 3.05) is 5.32 Å². The Morgan fingerprint density at radius 1 is 1.22 bits per heavy atom. The van der Waals surface area contributed by atoms with E-state index in [4.69, 9.17) is 18.0 Å². The van der Waals surface area contributed by atoms with Gasteiger partial charge in [0, 0.05) is 18.0 Å². The first kappa shape index (κ1) is 12.4. The molecule has 3 N–H and O–H groups in total. The minimum Gasteiger partial charge on any atom is -0.388 e. The second-order valence-electron chi connectivity index (χ2n) is 3.55. The molecule has 92 valence electrons. The lowest BCUT2D eigenvalue weighted by Gasteiger charge is -2.10. The van der Waals surface area contributed by atoms with Gasteiger partial charge in [-0.15, -0.1) is 0 Å². The number of anilines is 2. The van der Waals surface area contributed by atoms with E-state index in [-0.39, 0.29) is 10.7 Å². The van der Waals surface area contributed by atoms with E-state index in [9.17, 15) is 8.78 Å². The van der Waals surface area contributed by atoms with Crippen LogP contribution in [0.2, 0.25) is 0 Å². The van der Waals surface area contributed by atoms with Gasteiger partial charge in [0.15, 0.2) is 0 Å². The number of benzene rings is 1. The maximum Gasteiger partial charge on any atom is 0.128 e. The molecule has 0 spiro atoms. The third-order valence-corrected chi connectivity index (χ3v) is 2.38. The van der Waals surface area contributed by atoms with Gasteiger partial charge in [-0.05, 0) is 24.3 Å². The largest absolute Gasteiger partial charge is 0.388 e. The van der Waals surface area contributed by atoms with Crippen molar-refractivity contribution in [2.45, 2.75) is 0 Å². The molecule has 0 saturated carbocycles. The lowest BCUT2D eigenvalue weighted by Crippen LogP contribution is -2.13. The second-order valence-corrected chi connectivity index (χ2v) is 3.99. The van der Waals surface area contributed by atoms with E-state index < -0.39 is 11.6 Å². The molecule has 0 saturated heterocycles. The lowest BCUT2D eigenvalue weighted by molar-refractivity contribution is 0.584. The van der Waals surface area contributed by atoms with Crippen LogP contribution in [-0.4, -0.2) is 9.97 Å². The first-order valence-corrected chi connectivity index (χ1v) is 5.45. The van der Waals surface area contributed by atoms with E-state index in [2.05, 4.69) is 10.3 Å². The number of nitrogens with zero attached hydrogens (tertiary/aromatic N) is 1. The monoisotopic (exact) mass is 265 g/mol. The van der Waals surface area contributed by atoms with Gasteiger partial charge in [-0.1, -0.05) is 12.2 Å². The third-order valence-electron chi connectivity index (χ3n) is 2.18. The highest BCUT2D eigenvalue weighted by Gasteiger charge is 2.07. The van der Waals surface area contributed by atoms with Crippen LogP contribution < -0.4 is 11.1 Å². The summed E-state index contributed by atoms with van der Waals surface area (Å²) in [5.74, 6) is -1.34. The number of nitrogens with one attached hydrogen (secondary N) is 1. The number of thiocarbonyl (C=S) groups is 1. The summed E-state index contributed by atoms with van der Waals surface area (Å²) >= 11 is 4.84. The van der Waals surface area contributed by atoms with Gasteiger partial charge in [-0.3, -0.25) is 4.98 Å². The molecule has 0 radical (unpaired) electrons. The zero-order chi connectivity index (χ0) is 13.1. The number of halogens is 2. The standard InChI is InChI=1S/C12H9F2N3S/c13-7-4-8(14)6-9(5-7)17-10-2-1-3-16-11(10)12(15)18/h1-6,17H,(H2,15,18). The Kier molecular flexibility index (Phi) is 3.47. The fourth-order valence-electron chi connectivity index (χ4n) is 1.48. The number of hydrogen-bond donors (Lipinski definition) is 2. The van der Waals surface area contributed by atoms with Crippen molar-refractivity contribution < 1.29 is 8.78 Å². The summed E-state index contributed by atoms with van der Waals surface area (Å²) in [4.78, 5) is 4.11. The van der Waals surface area contributed by atoms with E-state index in [1.54, 1.807) is 12.1 Å². The Balaban J connectivity index is 2.37. The van der Waals surface area contributed by atoms with Crippen molar-refractivity contribution >= 4 is 28.6 Å². The highest BCUT2D eigenvalue weighted by Crippen LogP contribution is 2.21. The highest BCUT2D eigenvalue weighted by atomic mass is 32.1. The van der Waals surface area contributed by atoms with Gasteiger partial charge in [0.05, 0.1) is 5.69 Å². The predicted molar refractivity (Wildman–Crippen MR) is 69.8 cm³/mol. The summed E-state index contributed by atoms with van der Waals surface area (Å²) in [6, 6.07) is 6.46.